The molecule has 0 atom stereocenters. The maximum atomic E-state index is 6.04. The summed E-state index contributed by atoms with van der Waals surface area (Å²) in [6.45, 7) is 14.0. The van der Waals surface area contributed by atoms with E-state index >= 15 is 0 Å². The standard InChI is InChI=1S/C54H78N2O12/c1-57-30-34-65-42-38-61-26-9-22-55(23-27-62-39-43-66-35-31-58-2)48-18-14-46(15-19-48)54(52-12-7-5-10-50(52)51-11-6-8-13-53(51)54)47-16-20-49(21-17-47)56(24-28-63-40-44-67-36-32-59-3)25-29-64-41-45-68-37-33-60-4/h5-8,10-21H,9,22-45H2,1-4H3. The normalized spacial score (nSPS) is 12.6. The Kier molecular flexibility index (Phi) is 27.1. The number of rotatable bonds is 41. The van der Waals surface area contributed by atoms with Crippen LogP contribution in [0.5, 0.6) is 0 Å². The fraction of sp³-hybridized carbons (Fsp3) is 0.556. The first-order valence-corrected chi connectivity index (χ1v) is 24.2. The fourth-order valence-electron chi connectivity index (χ4n) is 8.35. The molecule has 5 rings (SSSR count). The molecule has 14 heteroatoms. The minimum Gasteiger partial charge on any atom is -0.382 e. The number of anilines is 2. The lowest BCUT2D eigenvalue weighted by molar-refractivity contribution is 0.0235. The van der Waals surface area contributed by atoms with Crippen LogP contribution in [0.4, 0.5) is 11.4 Å². The summed E-state index contributed by atoms with van der Waals surface area (Å²) in [7, 11) is 6.69. The van der Waals surface area contributed by atoms with Gasteiger partial charge in [-0.2, -0.15) is 0 Å². The van der Waals surface area contributed by atoms with Crippen molar-refractivity contribution in [2.75, 3.05) is 197 Å². The van der Waals surface area contributed by atoms with Crippen LogP contribution >= 0.6 is 0 Å². The van der Waals surface area contributed by atoms with Crippen molar-refractivity contribution in [2.24, 2.45) is 0 Å². The minimum atomic E-state index is -0.553. The van der Waals surface area contributed by atoms with Crippen LogP contribution in [-0.2, 0) is 62.3 Å². The third kappa shape index (κ3) is 17.4. The zero-order valence-electron chi connectivity index (χ0n) is 41.2. The molecule has 0 heterocycles. The number of nitrogens with zero attached hydrogens (tertiary/aromatic N) is 2. The second-order valence-corrected chi connectivity index (χ2v) is 16.1. The van der Waals surface area contributed by atoms with Crippen molar-refractivity contribution in [1.29, 1.82) is 0 Å². The second-order valence-electron chi connectivity index (χ2n) is 16.1. The van der Waals surface area contributed by atoms with E-state index in [2.05, 4.69) is 107 Å². The summed E-state index contributed by atoms with van der Waals surface area (Å²) in [4.78, 5) is 4.71. The summed E-state index contributed by atoms with van der Waals surface area (Å²) in [5.41, 5.74) is 9.10. The lowest BCUT2D eigenvalue weighted by atomic mass is 9.67. The van der Waals surface area contributed by atoms with Crippen LogP contribution in [0.3, 0.4) is 0 Å². The Bertz CT molecular complexity index is 1820. The molecule has 0 saturated heterocycles. The Morgan fingerprint density at radius 2 is 0.603 bits per heavy atom. The molecule has 0 fully saturated rings. The highest BCUT2D eigenvalue weighted by Gasteiger charge is 2.46. The van der Waals surface area contributed by atoms with E-state index in [9.17, 15) is 0 Å². The average Bonchev–Trinajstić information content (AvgIpc) is 3.68. The predicted molar refractivity (Wildman–Crippen MR) is 267 cm³/mol. The molecule has 0 amide bonds. The van der Waals surface area contributed by atoms with E-state index in [1.165, 1.54) is 33.4 Å². The summed E-state index contributed by atoms with van der Waals surface area (Å²) >= 11 is 0. The summed E-state index contributed by atoms with van der Waals surface area (Å²) in [5, 5.41) is 0. The van der Waals surface area contributed by atoms with Crippen LogP contribution in [0.25, 0.3) is 11.1 Å². The SMILES string of the molecule is COCCOCCOCCCN(CCOCCOCCOC)c1ccc(C2(c3ccc(N(CCOCCOCCOC)CCOCCOCCOC)cc3)c3ccccc3-c3ccccc32)cc1. The Balaban J connectivity index is 1.37. The Morgan fingerprint density at radius 1 is 0.309 bits per heavy atom. The molecule has 14 nitrogen and oxygen atoms in total. The smallest absolute Gasteiger partial charge is 0.0713 e. The van der Waals surface area contributed by atoms with E-state index in [4.69, 9.17) is 56.8 Å². The molecule has 0 aliphatic heterocycles. The van der Waals surface area contributed by atoms with Crippen molar-refractivity contribution in [3.63, 3.8) is 0 Å². The Hall–Kier alpha value is -4.00. The molecular formula is C54H78N2O12. The van der Waals surface area contributed by atoms with Crippen LogP contribution in [0.1, 0.15) is 28.7 Å². The van der Waals surface area contributed by atoms with Crippen LogP contribution in [0.15, 0.2) is 97.1 Å². The summed E-state index contributed by atoms with van der Waals surface area (Å²) in [5.74, 6) is 0. The van der Waals surface area contributed by atoms with Crippen LogP contribution < -0.4 is 9.80 Å². The molecule has 0 bridgehead atoms. The molecule has 0 radical (unpaired) electrons. The highest BCUT2D eigenvalue weighted by molar-refractivity contribution is 5.86. The quantitative estimate of drug-likeness (QED) is 0.0384. The largest absolute Gasteiger partial charge is 0.382 e. The van der Waals surface area contributed by atoms with Crippen molar-refractivity contribution < 1.29 is 56.8 Å². The van der Waals surface area contributed by atoms with E-state index in [1.54, 1.807) is 28.4 Å². The number of methoxy groups -OCH3 is 4. The Labute approximate surface area is 405 Å². The zero-order chi connectivity index (χ0) is 47.8. The topological polar surface area (TPSA) is 117 Å². The molecule has 0 spiro atoms. The van der Waals surface area contributed by atoms with Gasteiger partial charge in [0.25, 0.3) is 0 Å². The highest BCUT2D eigenvalue weighted by atomic mass is 16.6. The first kappa shape index (κ1) is 54.9. The molecule has 0 saturated carbocycles. The first-order valence-electron chi connectivity index (χ1n) is 24.2. The van der Waals surface area contributed by atoms with Crippen LogP contribution in [-0.4, -0.2) is 187 Å². The summed E-state index contributed by atoms with van der Waals surface area (Å²) in [6, 6.07) is 35.9. The van der Waals surface area contributed by atoms with Crippen molar-refractivity contribution in [3.8, 4) is 11.1 Å². The monoisotopic (exact) mass is 947 g/mol. The molecule has 4 aromatic carbocycles. The van der Waals surface area contributed by atoms with Gasteiger partial charge in [0.15, 0.2) is 0 Å². The van der Waals surface area contributed by atoms with Gasteiger partial charge in [0, 0.05) is 72.6 Å². The van der Waals surface area contributed by atoms with Gasteiger partial charge in [-0.25, -0.2) is 0 Å². The molecular weight excluding hydrogens is 869 g/mol. The fourth-order valence-corrected chi connectivity index (χ4v) is 8.35. The third-order valence-electron chi connectivity index (χ3n) is 11.7. The lowest BCUT2D eigenvalue weighted by Gasteiger charge is -2.35. The van der Waals surface area contributed by atoms with Gasteiger partial charge in [0.05, 0.1) is 131 Å². The molecule has 68 heavy (non-hydrogen) atoms. The second kappa shape index (κ2) is 33.5. The maximum absolute atomic E-state index is 6.04. The van der Waals surface area contributed by atoms with Crippen molar-refractivity contribution in [3.05, 3.63) is 119 Å². The first-order chi connectivity index (χ1) is 33.7. The number of benzene rings is 4. The van der Waals surface area contributed by atoms with Gasteiger partial charge in [0.1, 0.15) is 0 Å². The number of hydrogen-bond donors (Lipinski definition) is 0. The molecule has 0 N–H and O–H groups in total. The van der Waals surface area contributed by atoms with Gasteiger partial charge in [-0.3, -0.25) is 0 Å². The van der Waals surface area contributed by atoms with Crippen molar-refractivity contribution >= 4 is 11.4 Å². The number of ether oxygens (including phenoxy) is 12. The van der Waals surface area contributed by atoms with Crippen molar-refractivity contribution in [1.82, 2.24) is 0 Å². The molecule has 1 aliphatic carbocycles. The summed E-state index contributed by atoms with van der Waals surface area (Å²) < 4.78 is 66.8. The number of fused-ring (bicyclic) bond motifs is 3. The van der Waals surface area contributed by atoms with Gasteiger partial charge in [-0.05, 0) is 64.1 Å². The van der Waals surface area contributed by atoms with Gasteiger partial charge >= 0.3 is 0 Å². The van der Waals surface area contributed by atoms with E-state index in [1.807, 2.05) is 0 Å². The van der Waals surface area contributed by atoms with E-state index < -0.39 is 5.41 Å². The van der Waals surface area contributed by atoms with Crippen LogP contribution in [0.2, 0.25) is 0 Å². The zero-order valence-corrected chi connectivity index (χ0v) is 41.2. The lowest BCUT2D eigenvalue weighted by Crippen LogP contribution is -2.32. The summed E-state index contributed by atoms with van der Waals surface area (Å²) in [6.07, 6.45) is 0.860. The predicted octanol–water partition coefficient (Wildman–Crippen LogP) is 6.77. The Morgan fingerprint density at radius 3 is 0.956 bits per heavy atom. The van der Waals surface area contributed by atoms with Gasteiger partial charge in [-0.15, -0.1) is 0 Å². The molecule has 1 aliphatic rings. The molecule has 0 unspecified atom stereocenters. The average molecular weight is 947 g/mol. The van der Waals surface area contributed by atoms with Crippen molar-refractivity contribution in [2.45, 2.75) is 11.8 Å². The molecule has 4 aromatic rings. The minimum absolute atomic E-state index is 0.517. The highest BCUT2D eigenvalue weighted by Crippen LogP contribution is 2.56. The number of hydrogen-bond acceptors (Lipinski definition) is 14. The van der Waals surface area contributed by atoms with Gasteiger partial charge in [0.2, 0.25) is 0 Å². The van der Waals surface area contributed by atoms with Gasteiger partial charge < -0.3 is 66.6 Å². The molecule has 376 valence electrons. The third-order valence-corrected chi connectivity index (χ3v) is 11.7. The van der Waals surface area contributed by atoms with Crippen LogP contribution in [0, 0.1) is 0 Å². The van der Waals surface area contributed by atoms with E-state index in [-0.39, 0.29) is 0 Å². The van der Waals surface area contributed by atoms with E-state index in [0.29, 0.717) is 145 Å². The maximum Gasteiger partial charge on any atom is 0.0713 e. The molecule has 0 aromatic heterocycles. The van der Waals surface area contributed by atoms with E-state index in [0.717, 1.165) is 30.9 Å². The van der Waals surface area contributed by atoms with Gasteiger partial charge in [-0.1, -0.05) is 72.8 Å².